The maximum absolute atomic E-state index is 10.6. The van der Waals surface area contributed by atoms with Crippen LogP contribution in [0.1, 0.15) is 29.2 Å². The Labute approximate surface area is 122 Å². The first-order chi connectivity index (χ1) is 10.1. The quantitative estimate of drug-likeness (QED) is 0.691. The molecular formula is C16H15NO4. The summed E-state index contributed by atoms with van der Waals surface area (Å²) in [4.78, 5) is 10.2. The molecule has 5 heteroatoms. The lowest BCUT2D eigenvalue weighted by Crippen LogP contribution is -1.99. The topological polar surface area (TPSA) is 72.6 Å². The number of rotatable bonds is 4. The Hall–Kier alpha value is -2.40. The summed E-state index contributed by atoms with van der Waals surface area (Å²) in [5, 5.41) is 20.5. The fourth-order valence-corrected chi connectivity index (χ4v) is 2.61. The van der Waals surface area contributed by atoms with Crippen LogP contribution in [0.4, 0.5) is 5.69 Å². The molecule has 0 radical (unpaired) electrons. The molecule has 0 heterocycles. The second kappa shape index (κ2) is 5.54. The monoisotopic (exact) mass is 285 g/mol. The van der Waals surface area contributed by atoms with E-state index in [9.17, 15) is 15.2 Å². The van der Waals surface area contributed by atoms with Gasteiger partial charge in [-0.15, -0.1) is 0 Å². The smallest absolute Gasteiger partial charge is 0.269 e. The van der Waals surface area contributed by atoms with E-state index in [1.165, 1.54) is 12.1 Å². The Bertz CT molecular complexity index is 666. The molecule has 2 aromatic carbocycles. The van der Waals surface area contributed by atoms with Crippen LogP contribution in [0.3, 0.4) is 0 Å². The van der Waals surface area contributed by atoms with E-state index in [4.69, 9.17) is 4.74 Å². The summed E-state index contributed by atoms with van der Waals surface area (Å²) < 4.78 is 5.80. The average molecular weight is 285 g/mol. The molecule has 1 atom stereocenters. The average Bonchev–Trinajstić information content (AvgIpc) is 2.88. The van der Waals surface area contributed by atoms with Crippen LogP contribution in [0.2, 0.25) is 0 Å². The number of fused-ring (bicyclic) bond motifs is 1. The molecule has 5 nitrogen and oxygen atoms in total. The number of nitro benzene ring substituents is 1. The summed E-state index contributed by atoms with van der Waals surface area (Å²) >= 11 is 0. The molecule has 0 aromatic heterocycles. The van der Waals surface area contributed by atoms with Crippen molar-refractivity contribution < 1.29 is 14.8 Å². The van der Waals surface area contributed by atoms with Crippen LogP contribution in [0.5, 0.6) is 5.75 Å². The van der Waals surface area contributed by atoms with Crippen LogP contribution in [0.25, 0.3) is 0 Å². The summed E-state index contributed by atoms with van der Waals surface area (Å²) in [6.07, 6.45) is 1.14. The number of benzene rings is 2. The second-order valence-electron chi connectivity index (χ2n) is 5.09. The molecule has 2 aromatic rings. The van der Waals surface area contributed by atoms with E-state index < -0.39 is 11.0 Å². The van der Waals surface area contributed by atoms with Crippen molar-refractivity contribution in [2.45, 2.75) is 25.6 Å². The summed E-state index contributed by atoms with van der Waals surface area (Å²) in [6.45, 7) is 0.352. The van der Waals surface area contributed by atoms with Gasteiger partial charge in [-0.2, -0.15) is 0 Å². The van der Waals surface area contributed by atoms with Gasteiger partial charge in [-0.1, -0.05) is 12.1 Å². The number of hydrogen-bond donors (Lipinski definition) is 1. The van der Waals surface area contributed by atoms with Crippen LogP contribution in [0, 0.1) is 10.1 Å². The van der Waals surface area contributed by atoms with Gasteiger partial charge in [0.15, 0.2) is 0 Å². The molecule has 21 heavy (non-hydrogen) atoms. The predicted molar refractivity (Wildman–Crippen MR) is 77.2 cm³/mol. The van der Waals surface area contributed by atoms with Gasteiger partial charge >= 0.3 is 0 Å². The number of aliphatic hydroxyl groups is 1. The highest BCUT2D eigenvalue weighted by Crippen LogP contribution is 2.36. The van der Waals surface area contributed by atoms with Gasteiger partial charge in [-0.25, -0.2) is 0 Å². The van der Waals surface area contributed by atoms with Gasteiger partial charge in [-0.05, 0) is 42.2 Å². The van der Waals surface area contributed by atoms with E-state index in [-0.39, 0.29) is 5.69 Å². The zero-order chi connectivity index (χ0) is 14.8. The lowest BCUT2D eigenvalue weighted by Gasteiger charge is -2.11. The third-order valence-corrected chi connectivity index (χ3v) is 3.74. The number of non-ortho nitro benzene ring substituents is 1. The van der Waals surface area contributed by atoms with Gasteiger partial charge in [0.05, 0.1) is 11.0 Å². The Kier molecular flexibility index (Phi) is 3.58. The predicted octanol–water partition coefficient (Wildman–Crippen LogP) is 3.15. The van der Waals surface area contributed by atoms with Crippen LogP contribution in [-0.2, 0) is 13.0 Å². The molecule has 3 rings (SSSR count). The highest BCUT2D eigenvalue weighted by Gasteiger charge is 2.23. The molecular weight excluding hydrogens is 270 g/mol. The normalized spacial score (nSPS) is 16.5. The molecule has 108 valence electrons. The van der Waals surface area contributed by atoms with Crippen molar-refractivity contribution in [1.29, 1.82) is 0 Å². The number of nitrogens with zero attached hydrogens (tertiary/aromatic N) is 1. The molecule has 0 aliphatic heterocycles. The number of hydrogen-bond acceptors (Lipinski definition) is 4. The molecule has 0 bridgehead atoms. The third kappa shape index (κ3) is 2.73. The van der Waals surface area contributed by atoms with Crippen molar-refractivity contribution in [1.82, 2.24) is 0 Å². The van der Waals surface area contributed by atoms with E-state index in [0.29, 0.717) is 6.61 Å². The van der Waals surface area contributed by atoms with Crippen LogP contribution in [-0.4, -0.2) is 10.0 Å². The first kappa shape index (κ1) is 13.6. The summed E-state index contributed by atoms with van der Waals surface area (Å²) in [5.41, 5.74) is 2.95. The molecule has 1 aliphatic rings. The van der Waals surface area contributed by atoms with Gasteiger partial charge in [0.25, 0.3) is 5.69 Å². The maximum atomic E-state index is 10.6. The Morgan fingerprint density at radius 1 is 1.24 bits per heavy atom. The minimum Gasteiger partial charge on any atom is -0.489 e. The lowest BCUT2D eigenvalue weighted by atomic mass is 10.1. The largest absolute Gasteiger partial charge is 0.489 e. The van der Waals surface area contributed by atoms with Gasteiger partial charge in [0, 0.05) is 17.7 Å². The Morgan fingerprint density at radius 2 is 2.00 bits per heavy atom. The van der Waals surface area contributed by atoms with Gasteiger partial charge < -0.3 is 9.84 Å². The second-order valence-corrected chi connectivity index (χ2v) is 5.09. The van der Waals surface area contributed by atoms with Crippen molar-refractivity contribution in [3.05, 3.63) is 69.3 Å². The minimum atomic E-state index is -0.421. The molecule has 0 spiro atoms. The molecule has 1 unspecified atom stereocenters. The Morgan fingerprint density at radius 3 is 2.71 bits per heavy atom. The van der Waals surface area contributed by atoms with Crippen molar-refractivity contribution in [2.24, 2.45) is 0 Å². The SMILES string of the molecule is O=[N+]([O-])c1ccc(COc2cccc3c2CCC3O)cc1. The third-order valence-electron chi connectivity index (χ3n) is 3.74. The van der Waals surface area contributed by atoms with Crippen molar-refractivity contribution in [3.8, 4) is 5.75 Å². The first-order valence-corrected chi connectivity index (χ1v) is 6.81. The number of aliphatic hydroxyl groups excluding tert-OH is 1. The van der Waals surface area contributed by atoms with Gasteiger partial charge in [0.2, 0.25) is 0 Å². The molecule has 0 saturated carbocycles. The van der Waals surface area contributed by atoms with E-state index in [1.54, 1.807) is 12.1 Å². The van der Waals surface area contributed by atoms with E-state index >= 15 is 0 Å². The van der Waals surface area contributed by atoms with E-state index in [2.05, 4.69) is 0 Å². The van der Waals surface area contributed by atoms with Crippen molar-refractivity contribution in [3.63, 3.8) is 0 Å². The van der Waals surface area contributed by atoms with Crippen LogP contribution < -0.4 is 4.74 Å². The first-order valence-electron chi connectivity index (χ1n) is 6.81. The van der Waals surface area contributed by atoms with Gasteiger partial charge in [0.1, 0.15) is 12.4 Å². The van der Waals surface area contributed by atoms with Crippen LogP contribution >= 0.6 is 0 Å². The molecule has 1 aliphatic carbocycles. The highest BCUT2D eigenvalue weighted by molar-refractivity contribution is 5.44. The van der Waals surface area contributed by atoms with Crippen molar-refractivity contribution >= 4 is 5.69 Å². The van der Waals surface area contributed by atoms with Crippen LogP contribution in [0.15, 0.2) is 42.5 Å². The zero-order valence-electron chi connectivity index (χ0n) is 11.4. The van der Waals surface area contributed by atoms with E-state index in [1.807, 2.05) is 18.2 Å². The minimum absolute atomic E-state index is 0.0717. The van der Waals surface area contributed by atoms with Gasteiger partial charge in [-0.3, -0.25) is 10.1 Å². The molecule has 0 fully saturated rings. The maximum Gasteiger partial charge on any atom is 0.269 e. The summed E-state index contributed by atoms with van der Waals surface area (Å²) in [6, 6.07) is 12.0. The standard InChI is InChI=1S/C16H15NO4/c18-15-9-8-14-13(15)2-1-3-16(14)21-10-11-4-6-12(7-5-11)17(19)20/h1-7,15,18H,8-10H2. The fraction of sp³-hybridized carbons (Fsp3) is 0.250. The van der Waals surface area contributed by atoms with E-state index in [0.717, 1.165) is 35.3 Å². The number of nitro groups is 1. The Balaban J connectivity index is 1.72. The lowest BCUT2D eigenvalue weighted by molar-refractivity contribution is -0.384. The van der Waals surface area contributed by atoms with Crippen molar-refractivity contribution in [2.75, 3.05) is 0 Å². The molecule has 0 saturated heterocycles. The highest BCUT2D eigenvalue weighted by atomic mass is 16.6. The summed E-state index contributed by atoms with van der Waals surface area (Å²) in [5.74, 6) is 0.780. The summed E-state index contributed by atoms with van der Waals surface area (Å²) in [7, 11) is 0. The molecule has 1 N–H and O–H groups in total. The zero-order valence-corrected chi connectivity index (χ0v) is 11.4. The number of ether oxygens (including phenoxy) is 1. The molecule has 0 amide bonds. The fourth-order valence-electron chi connectivity index (χ4n) is 2.61.